The number of phenols is 1. The maximum atomic E-state index is 12.4. The van der Waals surface area contributed by atoms with E-state index in [4.69, 9.17) is 4.74 Å². The second-order valence-electron chi connectivity index (χ2n) is 13.1. The maximum absolute atomic E-state index is 12.4. The predicted octanol–water partition coefficient (Wildman–Crippen LogP) is 4.51. The molecule has 5 rings (SSSR count). The fourth-order valence-corrected chi connectivity index (χ4v) is 6.37. The Morgan fingerprint density at radius 3 is 2.50 bits per heavy atom. The lowest BCUT2D eigenvalue weighted by Crippen LogP contribution is -2.47. The predicted molar refractivity (Wildman–Crippen MR) is 167 cm³/mol. The van der Waals surface area contributed by atoms with Crippen molar-refractivity contribution in [2.75, 3.05) is 76.2 Å². The highest BCUT2D eigenvalue weighted by Crippen LogP contribution is 2.33. The number of para-hydroxylation sites is 1. The minimum Gasteiger partial charge on any atom is -0.507 e. The molecule has 0 saturated carbocycles. The Kier molecular flexibility index (Phi) is 9.73. The highest BCUT2D eigenvalue weighted by Gasteiger charge is 2.28. The van der Waals surface area contributed by atoms with Crippen molar-refractivity contribution in [2.24, 2.45) is 5.92 Å². The standard InChI is InChI=1S/C32H49N7O3/c1-32(2,3)42-31(41)39-18-10-24(11-19-39)9-15-37-16-12-25(13-17-37)36(4)21-22-38-20-14-33-30-28(38)23-27(34-35-30)26-7-5-6-8-29(26)40/h5-8,23-25,40H,9-22H2,1-4H3,(H,33,35). The lowest BCUT2D eigenvalue weighted by molar-refractivity contribution is 0.0176. The molecule has 3 aliphatic heterocycles. The fourth-order valence-electron chi connectivity index (χ4n) is 6.37. The number of nitrogens with one attached hydrogen (secondary N) is 1. The number of rotatable bonds is 8. The van der Waals surface area contributed by atoms with Crippen LogP contribution < -0.4 is 10.2 Å². The first-order valence-corrected chi connectivity index (χ1v) is 15.7. The van der Waals surface area contributed by atoms with Crippen molar-refractivity contribution in [1.29, 1.82) is 0 Å². The summed E-state index contributed by atoms with van der Waals surface area (Å²) in [6.07, 6.45) is 5.61. The lowest BCUT2D eigenvalue weighted by Gasteiger charge is -2.39. The largest absolute Gasteiger partial charge is 0.507 e. The number of likely N-dealkylation sites (tertiary alicyclic amines) is 2. The van der Waals surface area contributed by atoms with Gasteiger partial charge in [0, 0.05) is 50.9 Å². The van der Waals surface area contributed by atoms with Crippen LogP contribution in [-0.4, -0.2) is 114 Å². The highest BCUT2D eigenvalue weighted by molar-refractivity contribution is 5.76. The molecule has 2 N–H and O–H groups in total. The van der Waals surface area contributed by atoms with Crippen LogP contribution in [0.25, 0.3) is 11.3 Å². The molecule has 230 valence electrons. The van der Waals surface area contributed by atoms with Crippen LogP contribution >= 0.6 is 0 Å². The van der Waals surface area contributed by atoms with Crippen molar-refractivity contribution in [3.8, 4) is 17.0 Å². The number of aromatic nitrogens is 2. The van der Waals surface area contributed by atoms with Crippen LogP contribution in [0.5, 0.6) is 5.75 Å². The Morgan fingerprint density at radius 1 is 1.05 bits per heavy atom. The zero-order valence-electron chi connectivity index (χ0n) is 25.9. The number of ether oxygens (including phenoxy) is 1. The molecule has 1 aromatic carbocycles. The number of anilines is 2. The fraction of sp³-hybridized carbons (Fsp3) is 0.656. The number of hydrogen-bond donors (Lipinski definition) is 2. The summed E-state index contributed by atoms with van der Waals surface area (Å²) in [7, 11) is 2.26. The normalized spacial score (nSPS) is 19.1. The number of aromatic hydroxyl groups is 1. The van der Waals surface area contributed by atoms with E-state index in [0.717, 1.165) is 83.2 Å². The van der Waals surface area contributed by atoms with Crippen molar-refractivity contribution >= 4 is 17.6 Å². The van der Waals surface area contributed by atoms with Crippen LogP contribution in [0.1, 0.15) is 52.9 Å². The number of benzene rings is 1. The average Bonchev–Trinajstić information content (AvgIpc) is 2.98. The number of fused-ring (bicyclic) bond motifs is 1. The van der Waals surface area contributed by atoms with E-state index in [-0.39, 0.29) is 11.8 Å². The molecule has 2 fully saturated rings. The molecule has 0 atom stereocenters. The van der Waals surface area contributed by atoms with E-state index >= 15 is 0 Å². The Morgan fingerprint density at radius 2 is 1.79 bits per heavy atom. The molecule has 10 heteroatoms. The van der Waals surface area contributed by atoms with Crippen LogP contribution in [-0.2, 0) is 4.74 Å². The Bertz CT molecular complexity index is 1190. The number of nitrogens with zero attached hydrogens (tertiary/aromatic N) is 6. The van der Waals surface area contributed by atoms with Gasteiger partial charge in [-0.2, -0.15) is 0 Å². The van der Waals surface area contributed by atoms with Gasteiger partial charge in [-0.05, 0) is 104 Å². The van der Waals surface area contributed by atoms with Crippen molar-refractivity contribution < 1.29 is 14.6 Å². The molecule has 3 aliphatic rings. The lowest BCUT2D eigenvalue weighted by atomic mass is 9.93. The molecule has 10 nitrogen and oxygen atoms in total. The molecule has 0 aliphatic carbocycles. The molecule has 2 saturated heterocycles. The van der Waals surface area contributed by atoms with Gasteiger partial charge in [0.25, 0.3) is 0 Å². The monoisotopic (exact) mass is 579 g/mol. The van der Waals surface area contributed by atoms with Gasteiger partial charge in [0.05, 0.1) is 11.4 Å². The summed E-state index contributed by atoms with van der Waals surface area (Å²) in [5.41, 5.74) is 2.01. The van der Waals surface area contributed by atoms with E-state index in [9.17, 15) is 9.90 Å². The van der Waals surface area contributed by atoms with Gasteiger partial charge in [-0.3, -0.25) is 0 Å². The summed E-state index contributed by atoms with van der Waals surface area (Å²) in [5.74, 6) is 1.73. The summed E-state index contributed by atoms with van der Waals surface area (Å²) in [6.45, 7) is 14.6. The molecule has 0 spiro atoms. The summed E-state index contributed by atoms with van der Waals surface area (Å²) < 4.78 is 5.55. The van der Waals surface area contributed by atoms with Crippen molar-refractivity contribution in [3.63, 3.8) is 0 Å². The highest BCUT2D eigenvalue weighted by atomic mass is 16.6. The number of carbonyl (C=O) groups excluding carboxylic acids is 1. The van der Waals surface area contributed by atoms with Gasteiger partial charge in [0.2, 0.25) is 0 Å². The van der Waals surface area contributed by atoms with Gasteiger partial charge in [-0.15, -0.1) is 10.2 Å². The minimum atomic E-state index is -0.433. The summed E-state index contributed by atoms with van der Waals surface area (Å²) >= 11 is 0. The number of piperidine rings is 2. The van der Waals surface area contributed by atoms with Gasteiger partial charge in [-0.25, -0.2) is 4.79 Å². The third-order valence-electron chi connectivity index (χ3n) is 8.99. The molecule has 2 aromatic rings. The number of hydrogen-bond acceptors (Lipinski definition) is 9. The van der Waals surface area contributed by atoms with Crippen LogP contribution in [0.3, 0.4) is 0 Å². The topological polar surface area (TPSA) is 97.3 Å². The zero-order valence-corrected chi connectivity index (χ0v) is 25.9. The summed E-state index contributed by atoms with van der Waals surface area (Å²) in [5, 5.41) is 22.5. The van der Waals surface area contributed by atoms with E-state index in [1.165, 1.54) is 19.3 Å². The van der Waals surface area contributed by atoms with Crippen molar-refractivity contribution in [2.45, 2.75) is 64.5 Å². The SMILES string of the molecule is CN(CCN1CCNc2nnc(-c3ccccc3O)cc21)C1CCN(CCC2CCN(C(=O)OC(C)(C)C)CC2)CC1. The van der Waals surface area contributed by atoms with E-state index in [1.807, 2.05) is 49.9 Å². The van der Waals surface area contributed by atoms with Crippen LogP contribution in [0, 0.1) is 5.92 Å². The van der Waals surface area contributed by atoms with Crippen molar-refractivity contribution in [3.05, 3.63) is 30.3 Å². The third kappa shape index (κ3) is 7.83. The average molecular weight is 580 g/mol. The first-order chi connectivity index (χ1) is 20.2. The molecule has 0 unspecified atom stereocenters. The van der Waals surface area contributed by atoms with Gasteiger partial charge in [0.1, 0.15) is 11.4 Å². The quantitative estimate of drug-likeness (QED) is 0.468. The first-order valence-electron chi connectivity index (χ1n) is 15.7. The van der Waals surface area contributed by atoms with Gasteiger partial charge < -0.3 is 34.8 Å². The second kappa shape index (κ2) is 13.5. The van der Waals surface area contributed by atoms with E-state index in [2.05, 4.69) is 37.3 Å². The molecule has 1 aromatic heterocycles. The van der Waals surface area contributed by atoms with Crippen LogP contribution in [0.2, 0.25) is 0 Å². The van der Waals surface area contributed by atoms with Crippen LogP contribution in [0.4, 0.5) is 16.3 Å². The number of likely N-dealkylation sites (N-methyl/N-ethyl adjacent to an activating group) is 1. The smallest absolute Gasteiger partial charge is 0.410 e. The van der Waals surface area contributed by atoms with E-state index in [1.54, 1.807) is 6.07 Å². The number of phenolic OH excluding ortho intramolecular Hbond substituents is 1. The maximum Gasteiger partial charge on any atom is 0.410 e. The first kappa shape index (κ1) is 30.4. The van der Waals surface area contributed by atoms with E-state index < -0.39 is 5.60 Å². The summed E-state index contributed by atoms with van der Waals surface area (Å²) in [6, 6.07) is 9.94. The van der Waals surface area contributed by atoms with Gasteiger partial charge in [0.15, 0.2) is 5.82 Å². The minimum absolute atomic E-state index is 0.167. The molecule has 0 bridgehead atoms. The number of amides is 1. The Hall–Kier alpha value is -3.11. The van der Waals surface area contributed by atoms with Crippen molar-refractivity contribution in [1.82, 2.24) is 24.9 Å². The van der Waals surface area contributed by atoms with Gasteiger partial charge in [-0.1, -0.05) is 12.1 Å². The molecule has 0 radical (unpaired) electrons. The molecular weight excluding hydrogens is 530 g/mol. The molecule has 1 amide bonds. The second-order valence-corrected chi connectivity index (χ2v) is 13.1. The molecule has 4 heterocycles. The Labute approximate surface area is 251 Å². The summed E-state index contributed by atoms with van der Waals surface area (Å²) in [4.78, 5) is 21.8. The third-order valence-corrected chi connectivity index (χ3v) is 8.99. The van der Waals surface area contributed by atoms with Crippen LogP contribution in [0.15, 0.2) is 30.3 Å². The Balaban J connectivity index is 1.04. The van der Waals surface area contributed by atoms with Gasteiger partial charge >= 0.3 is 6.09 Å². The zero-order chi connectivity index (χ0) is 29.7. The van der Waals surface area contributed by atoms with E-state index in [0.29, 0.717) is 23.2 Å². The molecule has 42 heavy (non-hydrogen) atoms. The number of carbonyl (C=O) groups is 1. The molecular formula is C32H49N7O3.